The molecule has 3 nitrogen and oxygen atoms in total. The molecule has 0 unspecified atom stereocenters. The Bertz CT molecular complexity index is 778. The van der Waals surface area contributed by atoms with E-state index in [9.17, 15) is 9.90 Å². The van der Waals surface area contributed by atoms with E-state index in [4.69, 9.17) is 5.11 Å². The lowest BCUT2D eigenvalue weighted by molar-refractivity contribution is -0.131. The lowest BCUT2D eigenvalue weighted by Gasteiger charge is -2.48. The number of hydrogen-bond donors (Lipinski definition) is 2. The minimum atomic E-state index is -0.981. The molecule has 0 saturated carbocycles. The van der Waals surface area contributed by atoms with Crippen LogP contribution >= 0.6 is 0 Å². The summed E-state index contributed by atoms with van der Waals surface area (Å²) in [5.41, 5.74) is 2.50. The quantitative estimate of drug-likeness (QED) is 0.315. The highest BCUT2D eigenvalue weighted by Crippen LogP contribution is 2.50. The molecule has 2 N–H and O–H groups in total. The van der Waals surface area contributed by atoms with Gasteiger partial charge in [0.1, 0.15) is 5.60 Å². The Labute approximate surface area is 175 Å². The van der Waals surface area contributed by atoms with Crippen molar-refractivity contribution in [2.24, 2.45) is 23.7 Å². The fourth-order valence-corrected chi connectivity index (χ4v) is 4.71. The van der Waals surface area contributed by atoms with Crippen molar-refractivity contribution in [3.8, 4) is 0 Å². The Kier molecular flexibility index (Phi) is 8.04. The number of carboxylic acids is 1. The van der Waals surface area contributed by atoms with E-state index in [1.807, 2.05) is 12.2 Å². The van der Waals surface area contributed by atoms with E-state index in [1.54, 1.807) is 6.08 Å². The second kappa shape index (κ2) is 10.1. The average Bonchev–Trinajstić information content (AvgIpc) is 2.66. The maximum atomic E-state index is 12.0. The molecule has 0 heterocycles. The third-order valence-electron chi connectivity index (χ3n) is 6.53. The first kappa shape index (κ1) is 23.2. The van der Waals surface area contributed by atoms with Gasteiger partial charge in [-0.25, -0.2) is 4.79 Å². The molecule has 0 fully saturated rings. The molecule has 2 rings (SSSR count). The first-order valence-electron chi connectivity index (χ1n) is 10.7. The summed E-state index contributed by atoms with van der Waals surface area (Å²) >= 11 is 0. The predicted molar refractivity (Wildman–Crippen MR) is 120 cm³/mol. The van der Waals surface area contributed by atoms with Crippen LogP contribution in [0, 0.1) is 23.7 Å². The number of carbonyl (C=O) groups is 1. The fourth-order valence-electron chi connectivity index (χ4n) is 4.71. The van der Waals surface area contributed by atoms with Crippen LogP contribution in [0.1, 0.15) is 53.9 Å². The molecule has 29 heavy (non-hydrogen) atoms. The first-order chi connectivity index (χ1) is 13.7. The Morgan fingerprint density at radius 1 is 1.28 bits per heavy atom. The van der Waals surface area contributed by atoms with Gasteiger partial charge in [-0.05, 0) is 62.5 Å². The van der Waals surface area contributed by atoms with E-state index in [1.165, 1.54) is 11.6 Å². The van der Waals surface area contributed by atoms with Crippen molar-refractivity contribution in [2.45, 2.75) is 59.5 Å². The number of hydrogen-bond acceptors (Lipinski definition) is 2. The molecular formula is C26H36O3. The number of aliphatic hydroxyl groups is 1. The molecule has 3 heteroatoms. The first-order valence-corrected chi connectivity index (χ1v) is 10.7. The summed E-state index contributed by atoms with van der Waals surface area (Å²) in [5.74, 6) is 0.243. The van der Waals surface area contributed by atoms with E-state index < -0.39 is 11.6 Å². The zero-order valence-corrected chi connectivity index (χ0v) is 18.4. The normalized spacial score (nSPS) is 31.8. The molecule has 0 aromatic heterocycles. The molecule has 0 saturated heterocycles. The van der Waals surface area contributed by atoms with E-state index in [0.29, 0.717) is 17.8 Å². The number of allylic oxidation sites excluding steroid dienone is 8. The maximum absolute atomic E-state index is 12.0. The second-order valence-corrected chi connectivity index (χ2v) is 8.66. The molecule has 158 valence electrons. The molecule has 0 aromatic rings. The Morgan fingerprint density at radius 2 is 1.97 bits per heavy atom. The van der Waals surface area contributed by atoms with Crippen molar-refractivity contribution in [3.05, 3.63) is 71.4 Å². The summed E-state index contributed by atoms with van der Waals surface area (Å²) in [4.78, 5) is 10.6. The predicted octanol–water partition coefficient (Wildman–Crippen LogP) is 6.01. The van der Waals surface area contributed by atoms with Crippen LogP contribution in [0.15, 0.2) is 71.4 Å². The largest absolute Gasteiger partial charge is 0.478 e. The van der Waals surface area contributed by atoms with Gasteiger partial charge in [0, 0.05) is 12.0 Å². The van der Waals surface area contributed by atoms with Gasteiger partial charge in [0.2, 0.25) is 0 Å². The summed E-state index contributed by atoms with van der Waals surface area (Å²) in [6, 6.07) is 0. The summed E-state index contributed by atoms with van der Waals surface area (Å²) in [6.07, 6.45) is 20.1. The third-order valence-corrected chi connectivity index (χ3v) is 6.53. The number of aliphatic carboxylic acids is 1. The fraction of sp³-hybridized carbons (Fsp3) is 0.500. The smallest absolute Gasteiger partial charge is 0.328 e. The van der Waals surface area contributed by atoms with Gasteiger partial charge in [-0.1, -0.05) is 74.4 Å². The molecular weight excluding hydrogens is 360 g/mol. The van der Waals surface area contributed by atoms with Crippen LogP contribution in [0.25, 0.3) is 0 Å². The molecule has 0 aliphatic heterocycles. The van der Waals surface area contributed by atoms with Gasteiger partial charge in [0.05, 0.1) is 0 Å². The average molecular weight is 397 g/mol. The summed E-state index contributed by atoms with van der Waals surface area (Å²) in [7, 11) is 0. The van der Waals surface area contributed by atoms with E-state index in [0.717, 1.165) is 36.5 Å². The molecule has 0 radical (unpaired) electrons. The van der Waals surface area contributed by atoms with Crippen LogP contribution in [0.3, 0.4) is 0 Å². The molecule has 2 aliphatic rings. The lowest BCUT2D eigenvalue weighted by Crippen LogP contribution is -2.49. The van der Waals surface area contributed by atoms with Crippen molar-refractivity contribution in [1.29, 1.82) is 0 Å². The van der Waals surface area contributed by atoms with Crippen molar-refractivity contribution in [1.82, 2.24) is 0 Å². The van der Waals surface area contributed by atoms with Crippen molar-refractivity contribution < 1.29 is 15.0 Å². The van der Waals surface area contributed by atoms with Gasteiger partial charge in [-0.15, -0.1) is 0 Å². The number of fused-ring (bicyclic) bond motifs is 1. The lowest BCUT2D eigenvalue weighted by atomic mass is 9.59. The highest BCUT2D eigenvalue weighted by atomic mass is 16.4. The highest BCUT2D eigenvalue weighted by molar-refractivity contribution is 5.80. The van der Waals surface area contributed by atoms with Crippen LogP contribution in [-0.2, 0) is 4.79 Å². The standard InChI is InChI=1S/C26H36O3/c1-6-18(2)15-20(4)26(29)21(5)17-22-16-19(3)13-14-23(22)24(26)11-9-7-8-10-12-25(27)28/h7-13,15,17-18,22-24,29H,6,14,16H2,1-5H3,(H,27,28)/b8-7+,11-9+,12-10+,20-15+/t18-,22+,23-,24+,26+/m1/s1. The van der Waals surface area contributed by atoms with Crippen LogP contribution in [0.5, 0.6) is 0 Å². The van der Waals surface area contributed by atoms with Crippen LogP contribution in [-0.4, -0.2) is 21.8 Å². The molecule has 0 aromatic carbocycles. The van der Waals surface area contributed by atoms with Crippen molar-refractivity contribution in [3.63, 3.8) is 0 Å². The number of carboxylic acid groups (broad SMARTS) is 1. The highest BCUT2D eigenvalue weighted by Gasteiger charge is 2.48. The molecule has 0 spiro atoms. The van der Waals surface area contributed by atoms with Gasteiger partial charge in [0.15, 0.2) is 0 Å². The van der Waals surface area contributed by atoms with Gasteiger partial charge in [0.25, 0.3) is 0 Å². The van der Waals surface area contributed by atoms with Crippen molar-refractivity contribution >= 4 is 5.97 Å². The van der Waals surface area contributed by atoms with Crippen molar-refractivity contribution in [2.75, 3.05) is 0 Å². The summed E-state index contributed by atoms with van der Waals surface area (Å²) < 4.78 is 0. The Balaban J connectivity index is 2.42. The summed E-state index contributed by atoms with van der Waals surface area (Å²) in [5, 5.41) is 20.7. The molecule has 0 bridgehead atoms. The number of rotatable bonds is 7. The monoisotopic (exact) mass is 396 g/mol. The maximum Gasteiger partial charge on any atom is 0.328 e. The molecule has 0 amide bonds. The van der Waals surface area contributed by atoms with Gasteiger partial charge < -0.3 is 10.2 Å². The van der Waals surface area contributed by atoms with E-state index in [-0.39, 0.29) is 5.92 Å². The topological polar surface area (TPSA) is 57.5 Å². The van der Waals surface area contributed by atoms with Crippen LogP contribution in [0.4, 0.5) is 0 Å². The summed E-state index contributed by atoms with van der Waals surface area (Å²) in [6.45, 7) is 10.7. The Hall–Kier alpha value is -2.13. The minimum absolute atomic E-state index is 0.0183. The molecule has 2 aliphatic carbocycles. The van der Waals surface area contributed by atoms with Crippen LogP contribution < -0.4 is 0 Å². The van der Waals surface area contributed by atoms with E-state index in [2.05, 4.69) is 58.9 Å². The third kappa shape index (κ3) is 5.48. The molecule has 5 atom stereocenters. The van der Waals surface area contributed by atoms with Gasteiger partial charge in [-0.2, -0.15) is 0 Å². The second-order valence-electron chi connectivity index (χ2n) is 8.66. The van der Waals surface area contributed by atoms with Crippen LogP contribution in [0.2, 0.25) is 0 Å². The zero-order chi connectivity index (χ0) is 21.6. The zero-order valence-electron chi connectivity index (χ0n) is 18.4. The minimum Gasteiger partial charge on any atom is -0.478 e. The SMILES string of the molecule is CC[C@@H](C)/C=C(\C)[C@]1(O)C(C)=C[C@@H]2CC(C)=CC[C@H]2[C@@H]1/C=C/C=C/C=C/C(=O)O. The van der Waals surface area contributed by atoms with Gasteiger partial charge >= 0.3 is 5.97 Å². The van der Waals surface area contributed by atoms with E-state index >= 15 is 0 Å². The van der Waals surface area contributed by atoms with Gasteiger partial charge in [-0.3, -0.25) is 0 Å². The Morgan fingerprint density at radius 3 is 2.62 bits per heavy atom.